The van der Waals surface area contributed by atoms with E-state index in [1.807, 2.05) is 23.1 Å². The molecule has 0 radical (unpaired) electrons. The third-order valence-corrected chi connectivity index (χ3v) is 6.92. The zero-order valence-corrected chi connectivity index (χ0v) is 16.6. The van der Waals surface area contributed by atoms with Crippen LogP contribution in [0.1, 0.15) is 70.2 Å². The first-order chi connectivity index (χ1) is 13.1. The number of nitrogens with one attached hydrogen (secondary N) is 1. The zero-order valence-electron chi connectivity index (χ0n) is 15.8. The molecule has 5 heteroatoms. The largest absolute Gasteiger partial charge is 0.336 e. The zero-order chi connectivity index (χ0) is 18.8. The predicted octanol–water partition coefficient (Wildman–Crippen LogP) is 4.89. The summed E-state index contributed by atoms with van der Waals surface area (Å²) in [6.45, 7) is 2.95. The molecule has 2 heterocycles. The Hall–Kier alpha value is -2.14. The van der Waals surface area contributed by atoms with Crippen LogP contribution in [0.5, 0.6) is 0 Å². The molecule has 4 rings (SSSR count). The molecule has 1 unspecified atom stereocenters. The molecule has 1 aliphatic carbocycles. The average molecular weight is 383 g/mol. The van der Waals surface area contributed by atoms with Crippen molar-refractivity contribution >= 4 is 28.2 Å². The van der Waals surface area contributed by atoms with Crippen LogP contribution in [0.4, 0.5) is 5.00 Å². The number of carbonyl (C=O) groups excluding carboxylic acids is 2. The number of fused-ring (bicyclic) bond motifs is 1. The number of piperidine rings is 1. The van der Waals surface area contributed by atoms with E-state index in [-0.39, 0.29) is 17.9 Å². The molecule has 2 aromatic rings. The van der Waals surface area contributed by atoms with Gasteiger partial charge in [-0.1, -0.05) is 18.2 Å². The van der Waals surface area contributed by atoms with Gasteiger partial charge in [0.2, 0.25) is 0 Å². The number of hydrogen-bond donors (Lipinski definition) is 1. The Morgan fingerprint density at radius 2 is 1.85 bits per heavy atom. The quantitative estimate of drug-likeness (QED) is 0.821. The molecule has 2 aliphatic rings. The number of anilines is 1. The summed E-state index contributed by atoms with van der Waals surface area (Å²) in [5.74, 6) is -0.0418. The minimum Gasteiger partial charge on any atom is -0.336 e. The van der Waals surface area contributed by atoms with Crippen molar-refractivity contribution in [3.8, 4) is 0 Å². The van der Waals surface area contributed by atoms with Crippen molar-refractivity contribution in [3.63, 3.8) is 0 Å². The van der Waals surface area contributed by atoms with Gasteiger partial charge >= 0.3 is 0 Å². The van der Waals surface area contributed by atoms with E-state index in [2.05, 4.69) is 12.2 Å². The molecule has 2 amide bonds. The number of hydrogen-bond acceptors (Lipinski definition) is 3. The van der Waals surface area contributed by atoms with E-state index in [0.29, 0.717) is 5.56 Å². The molecule has 1 saturated heterocycles. The fourth-order valence-corrected chi connectivity index (χ4v) is 5.46. The molecule has 1 aromatic carbocycles. The van der Waals surface area contributed by atoms with Gasteiger partial charge in [-0.25, -0.2) is 0 Å². The Kier molecular flexibility index (Phi) is 5.30. The van der Waals surface area contributed by atoms with E-state index in [0.717, 1.165) is 55.6 Å². The molecular formula is C22H26N2O2S. The highest BCUT2D eigenvalue weighted by atomic mass is 32.1. The summed E-state index contributed by atoms with van der Waals surface area (Å²) < 4.78 is 0. The van der Waals surface area contributed by atoms with Crippen LogP contribution in [0.25, 0.3) is 0 Å². The standard InChI is InChI=1S/C22H26N2O2S/c1-15-9-7-8-14-24(15)22(26)19-17-12-5-6-13-18(17)27-21(19)23-20(25)16-10-3-2-4-11-16/h2-4,10-11,15H,5-9,12-14H2,1H3,(H,23,25). The summed E-state index contributed by atoms with van der Waals surface area (Å²) in [7, 11) is 0. The molecule has 1 atom stereocenters. The molecular weight excluding hydrogens is 356 g/mol. The first-order valence-corrected chi connectivity index (χ1v) is 10.8. The molecule has 1 aromatic heterocycles. The van der Waals surface area contributed by atoms with Gasteiger partial charge in [0.15, 0.2) is 0 Å². The molecule has 0 saturated carbocycles. The van der Waals surface area contributed by atoms with E-state index in [1.54, 1.807) is 23.5 Å². The van der Waals surface area contributed by atoms with Crippen molar-refractivity contribution in [1.29, 1.82) is 0 Å². The summed E-state index contributed by atoms with van der Waals surface area (Å²) in [5, 5.41) is 3.79. The first-order valence-electron chi connectivity index (χ1n) is 9.97. The molecule has 0 bridgehead atoms. The molecule has 0 spiro atoms. The SMILES string of the molecule is CC1CCCCN1C(=O)c1c(NC(=O)c2ccccc2)sc2c1CCCC2. The second kappa shape index (κ2) is 7.85. The number of nitrogens with zero attached hydrogens (tertiary/aromatic N) is 1. The van der Waals surface area contributed by atoms with Crippen LogP contribution in [-0.2, 0) is 12.8 Å². The summed E-state index contributed by atoms with van der Waals surface area (Å²) in [6, 6.07) is 9.48. The van der Waals surface area contributed by atoms with E-state index >= 15 is 0 Å². The minimum absolute atomic E-state index is 0.102. The van der Waals surface area contributed by atoms with Gasteiger partial charge in [0.05, 0.1) is 5.56 Å². The highest BCUT2D eigenvalue weighted by Gasteiger charge is 2.32. The molecule has 1 fully saturated rings. The van der Waals surface area contributed by atoms with Crippen molar-refractivity contribution < 1.29 is 9.59 Å². The summed E-state index contributed by atoms with van der Waals surface area (Å²) >= 11 is 1.60. The van der Waals surface area contributed by atoms with Crippen molar-refractivity contribution in [2.45, 2.75) is 57.9 Å². The van der Waals surface area contributed by atoms with Crippen molar-refractivity contribution in [2.75, 3.05) is 11.9 Å². The second-order valence-corrected chi connectivity index (χ2v) is 8.68. The molecule has 1 N–H and O–H groups in total. The van der Waals surface area contributed by atoms with Crippen LogP contribution in [0, 0.1) is 0 Å². The van der Waals surface area contributed by atoms with Crippen LogP contribution >= 0.6 is 11.3 Å². The van der Waals surface area contributed by atoms with Crippen molar-refractivity contribution in [1.82, 2.24) is 4.90 Å². The van der Waals surface area contributed by atoms with Crippen LogP contribution in [0.3, 0.4) is 0 Å². The molecule has 142 valence electrons. The number of rotatable bonds is 3. The third kappa shape index (κ3) is 3.65. The maximum Gasteiger partial charge on any atom is 0.257 e. The molecule has 4 nitrogen and oxygen atoms in total. The van der Waals surface area contributed by atoms with Gasteiger partial charge < -0.3 is 10.2 Å². The highest BCUT2D eigenvalue weighted by Crippen LogP contribution is 2.39. The van der Waals surface area contributed by atoms with Gasteiger partial charge in [0.1, 0.15) is 5.00 Å². The van der Waals surface area contributed by atoms with Gasteiger partial charge in [-0.05, 0) is 69.6 Å². The van der Waals surface area contributed by atoms with E-state index in [4.69, 9.17) is 0 Å². The van der Waals surface area contributed by atoms with Crippen LogP contribution < -0.4 is 5.32 Å². The molecule has 1 aliphatic heterocycles. The lowest BCUT2D eigenvalue weighted by molar-refractivity contribution is 0.0636. The summed E-state index contributed by atoms with van der Waals surface area (Å²) in [5.41, 5.74) is 2.55. The van der Waals surface area contributed by atoms with Gasteiger partial charge in [-0.15, -0.1) is 11.3 Å². The van der Waals surface area contributed by atoms with E-state index in [9.17, 15) is 9.59 Å². The lowest BCUT2D eigenvalue weighted by atomic mass is 9.94. The number of carbonyl (C=O) groups is 2. The number of thiophene rings is 1. The number of likely N-dealkylation sites (tertiary alicyclic amines) is 1. The Labute approximate surface area is 164 Å². The monoisotopic (exact) mass is 382 g/mol. The Balaban J connectivity index is 1.68. The lowest BCUT2D eigenvalue weighted by Gasteiger charge is -2.34. The van der Waals surface area contributed by atoms with E-state index in [1.165, 1.54) is 16.9 Å². The maximum atomic E-state index is 13.5. The van der Waals surface area contributed by atoms with Crippen molar-refractivity contribution in [2.24, 2.45) is 0 Å². The second-order valence-electron chi connectivity index (χ2n) is 7.58. The van der Waals surface area contributed by atoms with Gasteiger partial charge in [-0.3, -0.25) is 9.59 Å². The Morgan fingerprint density at radius 3 is 2.63 bits per heavy atom. The average Bonchev–Trinajstić information content (AvgIpc) is 3.06. The van der Waals surface area contributed by atoms with Crippen molar-refractivity contribution in [3.05, 3.63) is 51.9 Å². The summed E-state index contributed by atoms with van der Waals surface area (Å²) in [4.78, 5) is 29.5. The molecule has 27 heavy (non-hydrogen) atoms. The smallest absolute Gasteiger partial charge is 0.257 e. The van der Waals surface area contributed by atoms with Crippen LogP contribution in [0.2, 0.25) is 0 Å². The van der Waals surface area contributed by atoms with Gasteiger partial charge in [-0.2, -0.15) is 0 Å². The first kappa shape index (κ1) is 18.2. The van der Waals surface area contributed by atoms with Gasteiger partial charge in [0, 0.05) is 23.0 Å². The minimum atomic E-state index is -0.144. The van der Waals surface area contributed by atoms with E-state index < -0.39 is 0 Å². The Bertz CT molecular complexity index is 843. The highest BCUT2D eigenvalue weighted by molar-refractivity contribution is 7.17. The van der Waals surface area contributed by atoms with Crippen LogP contribution in [0.15, 0.2) is 30.3 Å². The number of aryl methyl sites for hydroxylation is 1. The van der Waals surface area contributed by atoms with Crippen LogP contribution in [-0.4, -0.2) is 29.3 Å². The summed E-state index contributed by atoms with van der Waals surface area (Å²) in [6.07, 6.45) is 7.54. The third-order valence-electron chi connectivity index (χ3n) is 5.71. The topological polar surface area (TPSA) is 49.4 Å². The fraction of sp³-hybridized carbons (Fsp3) is 0.455. The van der Waals surface area contributed by atoms with Gasteiger partial charge in [0.25, 0.3) is 11.8 Å². The Morgan fingerprint density at radius 1 is 1.07 bits per heavy atom. The normalized spacial score (nSPS) is 19.4. The lowest BCUT2D eigenvalue weighted by Crippen LogP contribution is -2.42. The maximum absolute atomic E-state index is 13.5. The number of amides is 2. The fourth-order valence-electron chi connectivity index (χ4n) is 4.19. The number of benzene rings is 1. The predicted molar refractivity (Wildman–Crippen MR) is 110 cm³/mol.